The zero-order valence-corrected chi connectivity index (χ0v) is 30.3. The number of nitriles is 1. The standard InChI is InChI=1S/C27H31FN10O9P2S2/c1-15(2)24(39)34-27-33-23-20(25(40)35-27)31-14-37(23)26-21-19(28)17(46-26)12-45-49(51,42-10-3-6-29)43-11-9-38-18(13-44-48(41,50)47-21)32-22(36-38)16-4-7-30-8-5-16/h4-5,7-8,14-15,17,19,21,26H,3,9-13H2,1-2H3,(H,41,50)(H2,33,34,35,39,40)/t17-,19-,21-,26-,48?,49?/m1/s1. The second kappa shape index (κ2) is 15.7. The van der Waals surface area contributed by atoms with Crippen molar-refractivity contribution >= 4 is 60.1 Å². The molecule has 3 N–H and O–H groups in total. The Hall–Kier alpha value is -3.45. The van der Waals surface area contributed by atoms with Gasteiger partial charge in [0.1, 0.15) is 18.8 Å². The Kier molecular flexibility index (Phi) is 11.5. The monoisotopic (exact) mass is 784 g/mol. The fraction of sp³-hybridized carbons (Fsp3) is 0.481. The summed E-state index contributed by atoms with van der Waals surface area (Å²) in [5.41, 5.74) is -0.317. The molecule has 19 nitrogen and oxygen atoms in total. The molecule has 0 spiro atoms. The van der Waals surface area contributed by atoms with Gasteiger partial charge in [0.15, 0.2) is 35.2 Å². The van der Waals surface area contributed by atoms with Crippen LogP contribution in [0.5, 0.6) is 0 Å². The van der Waals surface area contributed by atoms with E-state index in [1.54, 1.807) is 38.4 Å². The van der Waals surface area contributed by atoms with E-state index in [0.717, 1.165) is 0 Å². The van der Waals surface area contributed by atoms with Crippen LogP contribution < -0.4 is 10.9 Å². The Morgan fingerprint density at radius 1 is 1.27 bits per heavy atom. The molecule has 0 saturated carbocycles. The average molecular weight is 785 g/mol. The van der Waals surface area contributed by atoms with Gasteiger partial charge in [0.05, 0.1) is 45.2 Å². The normalized spacial score (nSPS) is 27.4. The molecule has 1 amide bonds. The predicted octanol–water partition coefficient (Wildman–Crippen LogP) is 2.62. The fourth-order valence-electron chi connectivity index (χ4n) is 4.92. The number of aromatic amines is 1. The van der Waals surface area contributed by atoms with E-state index >= 15 is 4.39 Å². The lowest BCUT2D eigenvalue weighted by Gasteiger charge is -2.25. The van der Waals surface area contributed by atoms with Gasteiger partial charge in [-0.2, -0.15) is 15.3 Å². The quantitative estimate of drug-likeness (QED) is 0.180. The molecule has 6 heterocycles. The molecule has 4 aromatic rings. The Morgan fingerprint density at radius 3 is 2.80 bits per heavy atom. The zero-order valence-electron chi connectivity index (χ0n) is 26.9. The SMILES string of the molecule is CC(C)C(=O)Nc1nc2c(ncn2[C@@H]2O[C@@H]3COP(=S)(OCCC#N)OCCn4nc(-c5ccncc5)nc4COP(O)(=S)O[C@@H]2[C@@H]3F)c(=O)[nH]1. The highest BCUT2D eigenvalue weighted by molar-refractivity contribution is 8.07. The van der Waals surface area contributed by atoms with Gasteiger partial charge in [-0.3, -0.25) is 34.0 Å². The number of hydrogen-bond donors (Lipinski definition) is 3. The van der Waals surface area contributed by atoms with Gasteiger partial charge >= 0.3 is 13.4 Å². The van der Waals surface area contributed by atoms with Crippen LogP contribution >= 0.6 is 13.4 Å². The number of ether oxygens (including phenoxy) is 1. The molecule has 0 radical (unpaired) electrons. The summed E-state index contributed by atoms with van der Waals surface area (Å²) in [6.07, 6.45) is -2.29. The summed E-state index contributed by atoms with van der Waals surface area (Å²) in [5.74, 6) is -0.530. The van der Waals surface area contributed by atoms with Crippen molar-refractivity contribution in [3.8, 4) is 17.5 Å². The van der Waals surface area contributed by atoms with E-state index in [2.05, 4.69) is 35.3 Å². The van der Waals surface area contributed by atoms with Crippen LogP contribution in [0.15, 0.2) is 35.6 Å². The number of alkyl halides is 1. The highest BCUT2D eigenvalue weighted by Gasteiger charge is 2.50. The van der Waals surface area contributed by atoms with E-state index in [9.17, 15) is 14.5 Å². The number of halogens is 1. The van der Waals surface area contributed by atoms with Gasteiger partial charge in [-0.25, -0.2) is 19.0 Å². The van der Waals surface area contributed by atoms with E-state index in [0.29, 0.717) is 11.4 Å². The highest BCUT2D eigenvalue weighted by atomic mass is 32.5. The fourth-order valence-corrected chi connectivity index (χ4v) is 8.05. The smallest absolute Gasteiger partial charge is 0.327 e. The number of amides is 1. The van der Waals surface area contributed by atoms with Gasteiger partial charge in [-0.1, -0.05) is 13.8 Å². The second-order valence-electron chi connectivity index (χ2n) is 11.3. The highest BCUT2D eigenvalue weighted by Crippen LogP contribution is 2.53. The van der Waals surface area contributed by atoms with Crippen LogP contribution in [-0.2, 0) is 68.9 Å². The maximum absolute atomic E-state index is 16.4. The molecule has 1 saturated heterocycles. The van der Waals surface area contributed by atoms with Gasteiger partial charge < -0.3 is 27.7 Å². The second-order valence-corrected chi connectivity index (χ2v) is 17.1. The Labute approximate surface area is 298 Å². The molecule has 0 aliphatic carbocycles. The number of carbonyl (C=O) groups excluding carboxylic acids is 1. The molecular weight excluding hydrogens is 753 g/mol. The largest absolute Gasteiger partial charge is 0.346 e. The molecule has 51 heavy (non-hydrogen) atoms. The van der Waals surface area contributed by atoms with Crippen LogP contribution in [0.1, 0.15) is 32.3 Å². The molecule has 6 rings (SSSR count). The molecular formula is C27H31FN10O9P2S2. The van der Waals surface area contributed by atoms with Gasteiger partial charge in [-0.15, -0.1) is 0 Å². The number of hydrogen-bond acceptors (Lipinski definition) is 16. The topological polar surface area (TPSA) is 236 Å². The summed E-state index contributed by atoms with van der Waals surface area (Å²) in [6, 6.07) is 5.35. The van der Waals surface area contributed by atoms with Crippen LogP contribution in [0.3, 0.4) is 0 Å². The van der Waals surface area contributed by atoms with Crippen molar-refractivity contribution in [1.29, 1.82) is 5.26 Å². The number of nitrogens with zero attached hydrogens (tertiary/aromatic N) is 8. The molecule has 6 atom stereocenters. The number of H-pyrrole nitrogens is 1. The minimum Gasteiger partial charge on any atom is -0.346 e. The van der Waals surface area contributed by atoms with Crippen LogP contribution in [0, 0.1) is 17.2 Å². The van der Waals surface area contributed by atoms with Crippen LogP contribution in [-0.4, -0.2) is 88.3 Å². The number of carbonyl (C=O) groups is 1. The lowest BCUT2D eigenvalue weighted by Crippen LogP contribution is -2.32. The first-order chi connectivity index (χ1) is 24.4. The maximum atomic E-state index is 16.4. The molecule has 2 aliphatic rings. The van der Waals surface area contributed by atoms with Crippen molar-refractivity contribution in [2.75, 3.05) is 25.1 Å². The lowest BCUT2D eigenvalue weighted by atomic mass is 10.1. The van der Waals surface area contributed by atoms with Crippen molar-refractivity contribution in [3.63, 3.8) is 0 Å². The van der Waals surface area contributed by atoms with Gasteiger partial charge in [0.25, 0.3) is 5.56 Å². The first kappa shape index (κ1) is 37.3. The first-order valence-electron chi connectivity index (χ1n) is 15.3. The van der Waals surface area contributed by atoms with Crippen molar-refractivity contribution in [1.82, 2.24) is 39.3 Å². The van der Waals surface area contributed by atoms with Crippen LogP contribution in [0.2, 0.25) is 0 Å². The lowest BCUT2D eigenvalue weighted by molar-refractivity contribution is -0.118. The number of pyridine rings is 1. The third-order valence-electron chi connectivity index (χ3n) is 7.45. The number of rotatable bonds is 7. The third kappa shape index (κ3) is 8.62. The number of anilines is 1. The van der Waals surface area contributed by atoms with E-state index in [-0.39, 0.29) is 49.1 Å². The molecule has 0 aromatic carbocycles. The molecule has 2 bridgehead atoms. The molecule has 1 fully saturated rings. The summed E-state index contributed by atoms with van der Waals surface area (Å²) in [5, 5.41) is 16.1. The molecule has 2 aliphatic heterocycles. The van der Waals surface area contributed by atoms with Crippen molar-refractivity contribution in [2.45, 2.75) is 58.0 Å². The van der Waals surface area contributed by atoms with Gasteiger partial charge in [-0.05, 0) is 35.7 Å². The summed E-state index contributed by atoms with van der Waals surface area (Å²) >= 11 is 10.9. The van der Waals surface area contributed by atoms with Crippen LogP contribution in [0.4, 0.5) is 10.3 Å². The Bertz CT molecular complexity index is 2100. The molecule has 4 aromatic heterocycles. The van der Waals surface area contributed by atoms with E-state index < -0.39 is 68.6 Å². The Morgan fingerprint density at radius 2 is 2.06 bits per heavy atom. The molecule has 272 valence electrons. The minimum atomic E-state index is -4.27. The summed E-state index contributed by atoms with van der Waals surface area (Å²) in [4.78, 5) is 55.9. The van der Waals surface area contributed by atoms with E-state index in [1.165, 1.54) is 15.6 Å². The first-order valence-corrected chi connectivity index (χ1v) is 20.5. The van der Waals surface area contributed by atoms with E-state index in [4.69, 9.17) is 56.2 Å². The maximum Gasteiger partial charge on any atom is 0.327 e. The van der Waals surface area contributed by atoms with Crippen LogP contribution in [0.25, 0.3) is 22.6 Å². The van der Waals surface area contributed by atoms with Crippen molar-refractivity contribution in [2.24, 2.45) is 5.92 Å². The Balaban J connectivity index is 1.36. The molecule has 24 heteroatoms. The zero-order chi connectivity index (χ0) is 36.3. The third-order valence-corrected chi connectivity index (χ3v) is 11.4. The number of nitrogens with one attached hydrogen (secondary N) is 2. The van der Waals surface area contributed by atoms with Crippen molar-refractivity contribution < 1.29 is 41.4 Å². The number of aromatic nitrogens is 8. The van der Waals surface area contributed by atoms with Gasteiger partial charge in [0, 0.05) is 23.9 Å². The molecule has 2 unspecified atom stereocenters. The number of imidazole rings is 1. The summed E-state index contributed by atoms with van der Waals surface area (Å²) in [7, 11) is 0. The predicted molar refractivity (Wildman–Crippen MR) is 182 cm³/mol. The summed E-state index contributed by atoms with van der Waals surface area (Å²) < 4.78 is 54.0. The average Bonchev–Trinajstić information content (AvgIpc) is 3.79. The minimum absolute atomic E-state index is 0.0187. The van der Waals surface area contributed by atoms with Gasteiger partial charge in [0.2, 0.25) is 11.9 Å². The summed E-state index contributed by atoms with van der Waals surface area (Å²) in [6.45, 7) is -5.65. The number of fused-ring (bicyclic) bond motifs is 4. The van der Waals surface area contributed by atoms with Crippen molar-refractivity contribution in [3.05, 3.63) is 47.0 Å². The van der Waals surface area contributed by atoms with E-state index in [1.807, 2.05) is 6.07 Å².